The number of piperidine rings is 1. The van der Waals surface area contributed by atoms with Gasteiger partial charge in [-0.25, -0.2) is 0 Å². The first-order valence-electron chi connectivity index (χ1n) is 9.42. The van der Waals surface area contributed by atoms with Gasteiger partial charge in [0.05, 0.1) is 13.5 Å². The maximum Gasteiger partial charge on any atom is 0.224 e. The van der Waals surface area contributed by atoms with E-state index in [2.05, 4.69) is 29.4 Å². The average molecular weight is 387 g/mol. The van der Waals surface area contributed by atoms with Crippen molar-refractivity contribution in [2.75, 3.05) is 27.2 Å². The molecule has 1 amide bonds. The molecule has 0 aliphatic carbocycles. The van der Waals surface area contributed by atoms with Crippen LogP contribution in [0.15, 0.2) is 48.5 Å². The number of benzene rings is 2. The molecule has 1 heterocycles. The van der Waals surface area contributed by atoms with Gasteiger partial charge in [-0.15, -0.1) is 0 Å². The molecule has 27 heavy (non-hydrogen) atoms. The van der Waals surface area contributed by atoms with Crippen molar-refractivity contribution >= 4 is 17.5 Å². The second-order valence-electron chi connectivity index (χ2n) is 7.21. The molecule has 0 spiro atoms. The minimum atomic E-state index is 0.0407. The largest absolute Gasteiger partial charge is 0.497 e. The number of amides is 1. The van der Waals surface area contributed by atoms with E-state index in [0.29, 0.717) is 29.9 Å². The SMILES string of the molecule is COc1ccc(C2C(CNC(=O)Cc3cccc(Cl)c3)CCCN2C)cc1. The van der Waals surface area contributed by atoms with Gasteiger partial charge in [-0.2, -0.15) is 0 Å². The van der Waals surface area contributed by atoms with Crippen molar-refractivity contribution in [3.8, 4) is 5.75 Å². The molecule has 1 N–H and O–H groups in total. The molecule has 144 valence electrons. The van der Waals surface area contributed by atoms with Gasteiger partial charge < -0.3 is 10.1 Å². The summed E-state index contributed by atoms with van der Waals surface area (Å²) in [5, 5.41) is 3.79. The van der Waals surface area contributed by atoms with Crippen LogP contribution in [-0.2, 0) is 11.2 Å². The van der Waals surface area contributed by atoms with E-state index < -0.39 is 0 Å². The van der Waals surface area contributed by atoms with Gasteiger partial charge in [-0.05, 0) is 67.7 Å². The molecule has 1 saturated heterocycles. The van der Waals surface area contributed by atoms with E-state index in [0.717, 1.165) is 30.7 Å². The van der Waals surface area contributed by atoms with Crippen molar-refractivity contribution in [1.29, 1.82) is 0 Å². The van der Waals surface area contributed by atoms with Crippen molar-refractivity contribution in [3.63, 3.8) is 0 Å². The molecule has 2 unspecified atom stereocenters. The summed E-state index contributed by atoms with van der Waals surface area (Å²) < 4.78 is 5.27. The van der Waals surface area contributed by atoms with Crippen LogP contribution in [-0.4, -0.2) is 38.1 Å². The highest BCUT2D eigenvalue weighted by Crippen LogP contribution is 2.35. The number of carbonyl (C=O) groups excluding carboxylic acids is 1. The molecule has 2 aromatic rings. The van der Waals surface area contributed by atoms with Gasteiger partial charge in [0.25, 0.3) is 0 Å². The first-order chi connectivity index (χ1) is 13.1. The third-order valence-electron chi connectivity index (χ3n) is 5.28. The zero-order chi connectivity index (χ0) is 19.2. The molecular weight excluding hydrogens is 360 g/mol. The van der Waals surface area contributed by atoms with Crippen LogP contribution >= 0.6 is 11.6 Å². The fraction of sp³-hybridized carbons (Fsp3) is 0.409. The molecule has 0 bridgehead atoms. The van der Waals surface area contributed by atoms with Gasteiger partial charge in [0.15, 0.2) is 0 Å². The summed E-state index contributed by atoms with van der Waals surface area (Å²) in [5.41, 5.74) is 2.21. The van der Waals surface area contributed by atoms with Gasteiger partial charge in [0.1, 0.15) is 5.75 Å². The second kappa shape index (κ2) is 9.25. The van der Waals surface area contributed by atoms with Crippen LogP contribution in [0.25, 0.3) is 0 Å². The molecule has 0 aromatic heterocycles. The minimum absolute atomic E-state index is 0.0407. The van der Waals surface area contributed by atoms with Gasteiger partial charge in [-0.1, -0.05) is 35.9 Å². The monoisotopic (exact) mass is 386 g/mol. The quantitative estimate of drug-likeness (QED) is 0.812. The van der Waals surface area contributed by atoms with Crippen molar-refractivity contribution in [2.24, 2.45) is 5.92 Å². The summed E-state index contributed by atoms with van der Waals surface area (Å²) >= 11 is 6.01. The topological polar surface area (TPSA) is 41.6 Å². The van der Waals surface area contributed by atoms with Crippen LogP contribution < -0.4 is 10.1 Å². The normalized spacial score (nSPS) is 20.3. The Kier molecular flexibility index (Phi) is 6.75. The highest BCUT2D eigenvalue weighted by molar-refractivity contribution is 6.30. The van der Waals surface area contributed by atoms with Crippen molar-refractivity contribution in [1.82, 2.24) is 10.2 Å². The Bertz CT molecular complexity index is 763. The summed E-state index contributed by atoms with van der Waals surface area (Å²) in [4.78, 5) is 14.8. The summed E-state index contributed by atoms with van der Waals surface area (Å²) in [7, 11) is 3.84. The van der Waals surface area contributed by atoms with Gasteiger partial charge in [-0.3, -0.25) is 9.69 Å². The lowest BCUT2D eigenvalue weighted by molar-refractivity contribution is -0.120. The summed E-state index contributed by atoms with van der Waals surface area (Å²) in [6, 6.07) is 16.0. The van der Waals surface area contributed by atoms with Crippen molar-refractivity contribution in [3.05, 3.63) is 64.7 Å². The number of halogens is 1. The van der Waals surface area contributed by atoms with E-state index >= 15 is 0 Å². The number of hydrogen-bond donors (Lipinski definition) is 1. The molecule has 1 aliphatic rings. The number of carbonyl (C=O) groups is 1. The number of rotatable bonds is 6. The predicted molar refractivity (Wildman–Crippen MR) is 109 cm³/mol. The second-order valence-corrected chi connectivity index (χ2v) is 7.65. The number of nitrogens with one attached hydrogen (secondary N) is 1. The van der Waals surface area contributed by atoms with E-state index in [-0.39, 0.29) is 5.91 Å². The number of nitrogens with zero attached hydrogens (tertiary/aromatic N) is 1. The number of ether oxygens (including phenoxy) is 1. The van der Waals surface area contributed by atoms with Gasteiger partial charge >= 0.3 is 0 Å². The zero-order valence-corrected chi connectivity index (χ0v) is 16.7. The molecule has 5 heteroatoms. The van der Waals surface area contributed by atoms with Crippen LogP contribution in [0.2, 0.25) is 5.02 Å². The lowest BCUT2D eigenvalue weighted by Crippen LogP contribution is -2.42. The van der Waals surface area contributed by atoms with Crippen LogP contribution in [0.5, 0.6) is 5.75 Å². The molecule has 0 radical (unpaired) electrons. The van der Waals surface area contributed by atoms with Crippen molar-refractivity contribution in [2.45, 2.75) is 25.3 Å². The molecule has 4 nitrogen and oxygen atoms in total. The maximum atomic E-state index is 12.4. The summed E-state index contributed by atoms with van der Waals surface area (Å²) in [6.45, 7) is 1.75. The first-order valence-corrected chi connectivity index (χ1v) is 9.80. The smallest absolute Gasteiger partial charge is 0.224 e. The Morgan fingerprint density at radius 2 is 2.04 bits per heavy atom. The Labute approximate surface area is 166 Å². The Hall–Kier alpha value is -2.04. The lowest BCUT2D eigenvalue weighted by Gasteiger charge is -2.39. The van der Waals surface area contributed by atoms with Crippen molar-refractivity contribution < 1.29 is 9.53 Å². The summed E-state index contributed by atoms with van der Waals surface area (Å²) in [6.07, 6.45) is 2.62. The van der Waals surface area contributed by atoms with E-state index in [1.807, 2.05) is 36.4 Å². The standard InChI is InChI=1S/C22H27ClN2O2/c1-25-12-4-6-18(22(25)17-8-10-20(27-2)11-9-17)15-24-21(26)14-16-5-3-7-19(23)13-16/h3,5,7-11,13,18,22H,4,6,12,14-15H2,1-2H3,(H,24,26). The van der Waals surface area contributed by atoms with Crippen LogP contribution in [0.3, 0.4) is 0 Å². The van der Waals surface area contributed by atoms with E-state index in [9.17, 15) is 4.79 Å². The Balaban J connectivity index is 1.63. The lowest BCUT2D eigenvalue weighted by atomic mass is 9.85. The number of methoxy groups -OCH3 is 1. The van der Waals surface area contributed by atoms with Gasteiger partial charge in [0.2, 0.25) is 5.91 Å². The predicted octanol–water partition coefficient (Wildman–Crippen LogP) is 4.09. The minimum Gasteiger partial charge on any atom is -0.497 e. The highest BCUT2D eigenvalue weighted by Gasteiger charge is 2.30. The zero-order valence-electron chi connectivity index (χ0n) is 16.0. The summed E-state index contributed by atoms with van der Waals surface area (Å²) in [5.74, 6) is 1.29. The third-order valence-corrected chi connectivity index (χ3v) is 5.51. The number of likely N-dealkylation sites (tertiary alicyclic amines) is 1. The Morgan fingerprint density at radius 1 is 1.26 bits per heavy atom. The van der Waals surface area contributed by atoms with Gasteiger partial charge in [0, 0.05) is 17.6 Å². The fourth-order valence-corrected chi connectivity index (χ4v) is 4.15. The first kappa shape index (κ1) is 19.7. The van der Waals surface area contributed by atoms with Crippen LogP contribution in [0.1, 0.15) is 30.0 Å². The van der Waals surface area contributed by atoms with Crippen LogP contribution in [0.4, 0.5) is 0 Å². The fourth-order valence-electron chi connectivity index (χ4n) is 3.94. The molecule has 0 saturated carbocycles. The Morgan fingerprint density at radius 3 is 2.74 bits per heavy atom. The molecule has 2 atom stereocenters. The molecule has 2 aromatic carbocycles. The average Bonchev–Trinajstić information content (AvgIpc) is 2.66. The molecule has 1 fully saturated rings. The maximum absolute atomic E-state index is 12.4. The van der Waals surface area contributed by atoms with E-state index in [1.54, 1.807) is 7.11 Å². The molecule has 3 rings (SSSR count). The van der Waals surface area contributed by atoms with E-state index in [1.165, 1.54) is 5.56 Å². The highest BCUT2D eigenvalue weighted by atomic mass is 35.5. The van der Waals surface area contributed by atoms with E-state index in [4.69, 9.17) is 16.3 Å². The van der Waals surface area contributed by atoms with Crippen LogP contribution in [0, 0.1) is 5.92 Å². The molecular formula is C22H27ClN2O2. The molecule has 1 aliphatic heterocycles. The number of hydrogen-bond acceptors (Lipinski definition) is 3. The third kappa shape index (κ3) is 5.24.